The van der Waals surface area contributed by atoms with E-state index in [-0.39, 0.29) is 25.0 Å². The molecule has 0 saturated carbocycles. The number of carboxylic acid groups (broad SMARTS) is 1. The standard InChI is InChI=1S/C15H31N3O3/c1-5-6-7-8-13(2)16-14(19)11-18(12-15(20)21)10-9-17(3)4/h13H,5-12H2,1-4H3,(H,16,19)(H,20,21). The molecule has 0 rings (SSSR count). The van der Waals surface area contributed by atoms with E-state index in [4.69, 9.17) is 5.11 Å². The molecule has 1 atom stereocenters. The number of hydrogen-bond acceptors (Lipinski definition) is 4. The predicted octanol–water partition coefficient (Wildman–Crippen LogP) is 1.02. The Kier molecular flexibility index (Phi) is 10.9. The van der Waals surface area contributed by atoms with E-state index in [1.54, 1.807) is 4.90 Å². The molecule has 2 N–H and O–H groups in total. The topological polar surface area (TPSA) is 72.9 Å². The highest BCUT2D eigenvalue weighted by molar-refractivity contribution is 5.79. The lowest BCUT2D eigenvalue weighted by Gasteiger charge is -2.23. The van der Waals surface area contributed by atoms with Gasteiger partial charge < -0.3 is 15.3 Å². The number of likely N-dealkylation sites (N-methyl/N-ethyl adjacent to an activating group) is 1. The van der Waals surface area contributed by atoms with Gasteiger partial charge in [-0.3, -0.25) is 14.5 Å². The summed E-state index contributed by atoms with van der Waals surface area (Å²) in [6.07, 6.45) is 4.42. The summed E-state index contributed by atoms with van der Waals surface area (Å²) in [5, 5.41) is 11.8. The zero-order valence-corrected chi connectivity index (χ0v) is 13.9. The minimum absolute atomic E-state index is 0.0981. The summed E-state index contributed by atoms with van der Waals surface area (Å²) in [6, 6.07) is 0.143. The number of aliphatic carboxylic acids is 1. The number of carbonyl (C=O) groups is 2. The van der Waals surface area contributed by atoms with Gasteiger partial charge in [0, 0.05) is 19.1 Å². The van der Waals surface area contributed by atoms with Crippen molar-refractivity contribution in [2.24, 2.45) is 0 Å². The lowest BCUT2D eigenvalue weighted by Crippen LogP contribution is -2.44. The average molecular weight is 301 g/mol. The third-order valence-corrected chi connectivity index (χ3v) is 3.24. The molecular weight excluding hydrogens is 270 g/mol. The van der Waals surface area contributed by atoms with Crippen LogP contribution in [0.25, 0.3) is 0 Å². The van der Waals surface area contributed by atoms with E-state index in [2.05, 4.69) is 12.2 Å². The van der Waals surface area contributed by atoms with Crippen LogP contribution < -0.4 is 5.32 Å². The highest BCUT2D eigenvalue weighted by Crippen LogP contribution is 2.02. The van der Waals surface area contributed by atoms with Crippen molar-refractivity contribution in [1.29, 1.82) is 0 Å². The number of hydrogen-bond donors (Lipinski definition) is 2. The summed E-state index contributed by atoms with van der Waals surface area (Å²) in [5.41, 5.74) is 0. The van der Waals surface area contributed by atoms with Crippen LogP contribution in [0.4, 0.5) is 0 Å². The van der Waals surface area contributed by atoms with E-state index in [0.717, 1.165) is 25.8 Å². The van der Waals surface area contributed by atoms with Crippen molar-refractivity contribution >= 4 is 11.9 Å². The van der Waals surface area contributed by atoms with E-state index in [1.807, 2.05) is 25.9 Å². The zero-order valence-electron chi connectivity index (χ0n) is 13.9. The van der Waals surface area contributed by atoms with Gasteiger partial charge in [-0.25, -0.2) is 0 Å². The predicted molar refractivity (Wildman–Crippen MR) is 84.4 cm³/mol. The summed E-state index contributed by atoms with van der Waals surface area (Å²) in [4.78, 5) is 26.4. The number of nitrogens with zero attached hydrogens (tertiary/aromatic N) is 2. The fraction of sp³-hybridized carbons (Fsp3) is 0.867. The van der Waals surface area contributed by atoms with Crippen LogP contribution in [-0.2, 0) is 9.59 Å². The zero-order chi connectivity index (χ0) is 16.3. The van der Waals surface area contributed by atoms with E-state index >= 15 is 0 Å². The number of rotatable bonds is 12. The largest absolute Gasteiger partial charge is 0.480 e. The molecule has 0 fully saturated rings. The number of amides is 1. The second-order valence-corrected chi connectivity index (χ2v) is 5.87. The molecule has 0 aromatic rings. The van der Waals surface area contributed by atoms with Crippen LogP contribution in [0.3, 0.4) is 0 Å². The van der Waals surface area contributed by atoms with Crippen molar-refractivity contribution in [2.45, 2.75) is 45.6 Å². The Morgan fingerprint density at radius 3 is 2.33 bits per heavy atom. The molecule has 1 amide bonds. The molecule has 21 heavy (non-hydrogen) atoms. The Labute approximate surface area is 128 Å². The number of carbonyl (C=O) groups excluding carboxylic acids is 1. The summed E-state index contributed by atoms with van der Waals surface area (Å²) < 4.78 is 0. The van der Waals surface area contributed by atoms with Crippen LogP contribution in [-0.4, -0.2) is 73.1 Å². The molecule has 1 unspecified atom stereocenters. The molecule has 0 bridgehead atoms. The van der Waals surface area contributed by atoms with Gasteiger partial charge in [-0.05, 0) is 27.4 Å². The van der Waals surface area contributed by atoms with E-state index < -0.39 is 5.97 Å². The summed E-state index contributed by atoms with van der Waals surface area (Å²) in [5.74, 6) is -1.00. The van der Waals surface area contributed by atoms with Crippen molar-refractivity contribution < 1.29 is 14.7 Å². The molecule has 0 aliphatic carbocycles. The summed E-state index contributed by atoms with van der Waals surface area (Å²) in [7, 11) is 3.85. The molecule has 6 nitrogen and oxygen atoms in total. The van der Waals surface area contributed by atoms with Crippen molar-refractivity contribution in [3.63, 3.8) is 0 Å². The van der Waals surface area contributed by atoms with Gasteiger partial charge in [-0.15, -0.1) is 0 Å². The van der Waals surface area contributed by atoms with Crippen molar-refractivity contribution in [2.75, 3.05) is 40.3 Å². The highest BCUT2D eigenvalue weighted by Gasteiger charge is 2.15. The maximum atomic E-state index is 12.0. The van der Waals surface area contributed by atoms with E-state index in [0.29, 0.717) is 6.54 Å². The maximum absolute atomic E-state index is 12.0. The monoisotopic (exact) mass is 301 g/mol. The van der Waals surface area contributed by atoms with Crippen LogP contribution in [0.15, 0.2) is 0 Å². The van der Waals surface area contributed by atoms with Gasteiger partial charge in [0.2, 0.25) is 5.91 Å². The van der Waals surface area contributed by atoms with Gasteiger partial charge in [-0.1, -0.05) is 26.2 Å². The quantitative estimate of drug-likeness (QED) is 0.527. The van der Waals surface area contributed by atoms with Crippen LogP contribution in [0.2, 0.25) is 0 Å². The third kappa shape index (κ3) is 12.3. The van der Waals surface area contributed by atoms with Gasteiger partial charge >= 0.3 is 5.97 Å². The number of nitrogens with one attached hydrogen (secondary N) is 1. The van der Waals surface area contributed by atoms with E-state index in [1.165, 1.54) is 6.42 Å². The first-order valence-corrected chi connectivity index (χ1v) is 7.73. The van der Waals surface area contributed by atoms with Gasteiger partial charge in [0.15, 0.2) is 0 Å². The normalized spacial score (nSPS) is 12.7. The van der Waals surface area contributed by atoms with Crippen LogP contribution in [0.1, 0.15) is 39.5 Å². The lowest BCUT2D eigenvalue weighted by molar-refractivity contribution is -0.138. The van der Waals surface area contributed by atoms with Gasteiger partial charge in [0.05, 0.1) is 13.1 Å². The second kappa shape index (κ2) is 11.5. The van der Waals surface area contributed by atoms with Crippen LogP contribution in [0.5, 0.6) is 0 Å². The molecule has 0 saturated heterocycles. The lowest BCUT2D eigenvalue weighted by atomic mass is 10.1. The molecule has 6 heteroatoms. The Balaban J connectivity index is 4.15. The van der Waals surface area contributed by atoms with Crippen molar-refractivity contribution in [1.82, 2.24) is 15.1 Å². The number of carboxylic acids is 1. The molecule has 0 spiro atoms. The molecule has 0 aromatic carbocycles. The molecule has 0 radical (unpaired) electrons. The molecule has 0 heterocycles. The molecular formula is C15H31N3O3. The Bertz CT molecular complexity index is 309. The third-order valence-electron chi connectivity index (χ3n) is 3.24. The van der Waals surface area contributed by atoms with Crippen LogP contribution in [0, 0.1) is 0 Å². The number of unbranched alkanes of at least 4 members (excludes halogenated alkanes) is 2. The smallest absolute Gasteiger partial charge is 0.317 e. The molecule has 0 aliphatic heterocycles. The first-order chi connectivity index (χ1) is 9.85. The van der Waals surface area contributed by atoms with Gasteiger partial charge in [0.1, 0.15) is 0 Å². The molecule has 0 aromatic heterocycles. The van der Waals surface area contributed by atoms with Crippen LogP contribution >= 0.6 is 0 Å². The maximum Gasteiger partial charge on any atom is 0.317 e. The SMILES string of the molecule is CCCCCC(C)NC(=O)CN(CCN(C)C)CC(=O)O. The Hall–Kier alpha value is -1.14. The summed E-state index contributed by atoms with van der Waals surface area (Å²) in [6.45, 7) is 5.47. The Morgan fingerprint density at radius 2 is 1.81 bits per heavy atom. The van der Waals surface area contributed by atoms with Gasteiger partial charge in [0.25, 0.3) is 0 Å². The van der Waals surface area contributed by atoms with Crippen molar-refractivity contribution in [3.05, 3.63) is 0 Å². The minimum Gasteiger partial charge on any atom is -0.480 e. The fourth-order valence-electron chi connectivity index (χ4n) is 2.04. The van der Waals surface area contributed by atoms with Crippen molar-refractivity contribution in [3.8, 4) is 0 Å². The van der Waals surface area contributed by atoms with E-state index in [9.17, 15) is 9.59 Å². The minimum atomic E-state index is -0.905. The fourth-order valence-corrected chi connectivity index (χ4v) is 2.04. The average Bonchev–Trinajstić information content (AvgIpc) is 2.35. The molecule has 0 aliphatic rings. The highest BCUT2D eigenvalue weighted by atomic mass is 16.4. The second-order valence-electron chi connectivity index (χ2n) is 5.87. The Morgan fingerprint density at radius 1 is 1.14 bits per heavy atom. The summed E-state index contributed by atoms with van der Waals surface area (Å²) >= 11 is 0. The molecule has 124 valence electrons. The van der Waals surface area contributed by atoms with Gasteiger partial charge in [-0.2, -0.15) is 0 Å². The first-order valence-electron chi connectivity index (χ1n) is 7.73. The first kappa shape index (κ1) is 19.9.